The van der Waals surface area contributed by atoms with Crippen LogP contribution in [-0.2, 0) is 0 Å². The van der Waals surface area contributed by atoms with Crippen molar-refractivity contribution in [1.29, 1.82) is 0 Å². The lowest BCUT2D eigenvalue weighted by Gasteiger charge is -2.25. The lowest BCUT2D eigenvalue weighted by molar-refractivity contribution is 0.304. The molecule has 3 rings (SSSR count). The molecule has 0 amide bonds. The van der Waals surface area contributed by atoms with Gasteiger partial charge in [-0.05, 0) is 50.0 Å². The van der Waals surface area contributed by atoms with E-state index < -0.39 is 17.5 Å². The van der Waals surface area contributed by atoms with Crippen LogP contribution in [0.4, 0.5) is 13.2 Å². The summed E-state index contributed by atoms with van der Waals surface area (Å²) in [5.74, 6) is -1.79. The Balaban J connectivity index is 1.87. The van der Waals surface area contributed by atoms with Crippen molar-refractivity contribution in [2.75, 3.05) is 0 Å². The molecule has 26 heavy (non-hydrogen) atoms. The molecule has 0 saturated heterocycles. The van der Waals surface area contributed by atoms with Gasteiger partial charge in [-0.2, -0.15) is 0 Å². The zero-order valence-corrected chi connectivity index (χ0v) is 14.9. The van der Waals surface area contributed by atoms with Gasteiger partial charge in [0.1, 0.15) is 11.6 Å². The Hall–Kier alpha value is -2.29. The van der Waals surface area contributed by atoms with E-state index in [2.05, 4.69) is 12.7 Å². The molecule has 0 bridgehead atoms. The molecular weight excluding hydrogens is 333 g/mol. The molecule has 2 aromatic rings. The van der Waals surface area contributed by atoms with Crippen LogP contribution in [0.5, 0.6) is 0 Å². The van der Waals surface area contributed by atoms with Gasteiger partial charge < -0.3 is 0 Å². The number of fused-ring (bicyclic) bond motifs is 1. The van der Waals surface area contributed by atoms with Crippen molar-refractivity contribution in [3.05, 3.63) is 71.8 Å². The summed E-state index contributed by atoms with van der Waals surface area (Å²) in [5, 5.41) is 0.927. The summed E-state index contributed by atoms with van der Waals surface area (Å²) in [6.45, 7) is 5.55. The molecule has 1 fully saturated rings. The molecule has 1 aliphatic carbocycles. The van der Waals surface area contributed by atoms with E-state index in [0.29, 0.717) is 35.1 Å². The Morgan fingerprint density at radius 1 is 1.08 bits per heavy atom. The molecular formula is C23H23F3. The van der Waals surface area contributed by atoms with Crippen LogP contribution in [0.15, 0.2) is 54.9 Å². The molecule has 0 radical (unpaired) electrons. The van der Waals surface area contributed by atoms with Gasteiger partial charge in [-0.3, -0.25) is 0 Å². The van der Waals surface area contributed by atoms with Crippen molar-refractivity contribution >= 4 is 22.7 Å². The average Bonchev–Trinajstić information content (AvgIpc) is 2.68. The summed E-state index contributed by atoms with van der Waals surface area (Å²) in [5.41, 5.74) is 0.557. The van der Waals surface area contributed by atoms with Gasteiger partial charge in [-0.25, -0.2) is 13.2 Å². The molecule has 0 heterocycles. The highest BCUT2D eigenvalue weighted by molar-refractivity contribution is 5.88. The van der Waals surface area contributed by atoms with Crippen LogP contribution in [0.25, 0.3) is 22.7 Å². The second-order valence-electron chi connectivity index (χ2n) is 6.91. The normalized spacial score (nSPS) is 21.8. The van der Waals surface area contributed by atoms with E-state index in [1.165, 1.54) is 24.3 Å². The third-order valence-electron chi connectivity index (χ3n) is 5.26. The third kappa shape index (κ3) is 3.62. The Kier molecular flexibility index (Phi) is 5.65. The summed E-state index contributed by atoms with van der Waals surface area (Å²) in [6.07, 6.45) is 8.66. The fourth-order valence-electron chi connectivity index (χ4n) is 3.76. The van der Waals surface area contributed by atoms with E-state index >= 15 is 0 Å². The predicted molar refractivity (Wildman–Crippen MR) is 103 cm³/mol. The fourth-order valence-corrected chi connectivity index (χ4v) is 3.76. The van der Waals surface area contributed by atoms with Gasteiger partial charge in [0.05, 0.1) is 0 Å². The van der Waals surface area contributed by atoms with E-state index in [4.69, 9.17) is 0 Å². The number of hydrogen-bond acceptors (Lipinski definition) is 0. The van der Waals surface area contributed by atoms with Crippen LogP contribution in [0, 0.1) is 17.7 Å². The molecule has 1 saturated carbocycles. The summed E-state index contributed by atoms with van der Waals surface area (Å²) in [7, 11) is 0. The smallest absolute Gasteiger partial charge is 0.162 e. The van der Waals surface area contributed by atoms with Gasteiger partial charge >= 0.3 is 0 Å². The summed E-state index contributed by atoms with van der Waals surface area (Å²) in [6, 6.07) is 7.74. The van der Waals surface area contributed by atoms with Gasteiger partial charge in [0.2, 0.25) is 0 Å². The highest BCUT2D eigenvalue weighted by atomic mass is 19.2. The van der Waals surface area contributed by atoms with Crippen molar-refractivity contribution in [1.82, 2.24) is 0 Å². The van der Waals surface area contributed by atoms with Crippen LogP contribution in [0.2, 0.25) is 0 Å². The number of rotatable bonds is 4. The standard InChI is InChI=1S/C23H23F3/c1-3-5-15-6-8-17(9-7-15)22(25)23(26)19-12-13-20-18(14-19)11-10-16(4-2)21(20)24/h3-5,10-15,17H,2,6-9H2,1H3/b5-3+,23-22?. The van der Waals surface area contributed by atoms with Crippen LogP contribution in [0.1, 0.15) is 43.7 Å². The lowest BCUT2D eigenvalue weighted by Crippen LogP contribution is -2.14. The average molecular weight is 356 g/mol. The van der Waals surface area contributed by atoms with Gasteiger partial charge in [-0.1, -0.05) is 49.1 Å². The quantitative estimate of drug-likeness (QED) is 0.494. The highest BCUT2D eigenvalue weighted by Gasteiger charge is 2.26. The molecule has 1 aliphatic rings. The van der Waals surface area contributed by atoms with Crippen LogP contribution < -0.4 is 0 Å². The van der Waals surface area contributed by atoms with E-state index in [0.717, 1.165) is 12.8 Å². The molecule has 0 atom stereocenters. The minimum Gasteiger partial charge on any atom is -0.208 e. The first-order chi connectivity index (χ1) is 12.5. The zero-order valence-electron chi connectivity index (χ0n) is 14.9. The molecule has 0 spiro atoms. The molecule has 0 N–H and O–H groups in total. The van der Waals surface area contributed by atoms with Crippen molar-refractivity contribution in [3.8, 4) is 0 Å². The lowest BCUT2D eigenvalue weighted by atomic mass is 9.81. The summed E-state index contributed by atoms with van der Waals surface area (Å²) < 4.78 is 43.7. The number of allylic oxidation sites excluding steroid dienone is 3. The van der Waals surface area contributed by atoms with Crippen LogP contribution in [0.3, 0.4) is 0 Å². The van der Waals surface area contributed by atoms with Crippen LogP contribution >= 0.6 is 0 Å². The minimum atomic E-state index is -0.824. The van der Waals surface area contributed by atoms with E-state index in [1.54, 1.807) is 12.1 Å². The molecule has 0 aliphatic heterocycles. The topological polar surface area (TPSA) is 0 Å². The zero-order chi connectivity index (χ0) is 18.7. The molecule has 2 aromatic carbocycles. The Bertz CT molecular complexity index is 868. The van der Waals surface area contributed by atoms with E-state index in [9.17, 15) is 13.2 Å². The van der Waals surface area contributed by atoms with E-state index in [1.807, 2.05) is 13.0 Å². The van der Waals surface area contributed by atoms with Gasteiger partial charge in [0.15, 0.2) is 5.83 Å². The first kappa shape index (κ1) is 18.5. The van der Waals surface area contributed by atoms with Crippen molar-refractivity contribution in [2.45, 2.75) is 32.6 Å². The van der Waals surface area contributed by atoms with Crippen LogP contribution in [-0.4, -0.2) is 0 Å². The maximum absolute atomic E-state index is 14.7. The maximum Gasteiger partial charge on any atom is 0.162 e. The molecule has 136 valence electrons. The molecule has 0 unspecified atom stereocenters. The fraction of sp³-hybridized carbons (Fsp3) is 0.304. The van der Waals surface area contributed by atoms with Crippen molar-refractivity contribution in [3.63, 3.8) is 0 Å². The van der Waals surface area contributed by atoms with Gasteiger partial charge in [-0.15, -0.1) is 0 Å². The molecule has 0 aromatic heterocycles. The first-order valence-electron chi connectivity index (χ1n) is 9.08. The SMILES string of the molecule is C=Cc1ccc2cc(C(F)=C(F)C3CCC(/C=C/C)CC3)ccc2c1F. The number of benzene rings is 2. The Labute approximate surface area is 152 Å². The second-order valence-corrected chi connectivity index (χ2v) is 6.91. The number of halogens is 3. The maximum atomic E-state index is 14.7. The largest absolute Gasteiger partial charge is 0.208 e. The molecule has 3 heteroatoms. The van der Waals surface area contributed by atoms with E-state index in [-0.39, 0.29) is 11.5 Å². The minimum absolute atomic E-state index is 0.163. The Morgan fingerprint density at radius 2 is 1.81 bits per heavy atom. The Morgan fingerprint density at radius 3 is 2.46 bits per heavy atom. The predicted octanol–water partition coefficient (Wildman–Crippen LogP) is 7.61. The van der Waals surface area contributed by atoms with Gasteiger partial charge in [0.25, 0.3) is 0 Å². The number of hydrogen-bond donors (Lipinski definition) is 0. The monoisotopic (exact) mass is 356 g/mol. The summed E-state index contributed by atoms with van der Waals surface area (Å²) >= 11 is 0. The summed E-state index contributed by atoms with van der Waals surface area (Å²) in [4.78, 5) is 0. The highest BCUT2D eigenvalue weighted by Crippen LogP contribution is 2.38. The third-order valence-corrected chi connectivity index (χ3v) is 5.26. The van der Waals surface area contributed by atoms with Crippen molar-refractivity contribution in [2.24, 2.45) is 11.8 Å². The first-order valence-corrected chi connectivity index (χ1v) is 9.08. The van der Waals surface area contributed by atoms with Gasteiger partial charge in [0, 0.05) is 22.4 Å². The molecule has 0 nitrogen and oxygen atoms in total. The second kappa shape index (κ2) is 7.94. The van der Waals surface area contributed by atoms with Crippen molar-refractivity contribution < 1.29 is 13.2 Å².